The molecule has 1 amide bonds. The molecule has 0 radical (unpaired) electrons. The molecule has 1 atom stereocenters. The Bertz CT molecular complexity index is 894. The van der Waals surface area contributed by atoms with Crippen molar-refractivity contribution in [3.8, 4) is 11.7 Å². The van der Waals surface area contributed by atoms with Crippen molar-refractivity contribution in [3.05, 3.63) is 47.6 Å². The molecule has 27 heavy (non-hydrogen) atoms. The topological polar surface area (TPSA) is 97.3 Å². The molecule has 4 heterocycles. The second-order valence-electron chi connectivity index (χ2n) is 6.40. The van der Waals surface area contributed by atoms with Crippen LogP contribution in [0.3, 0.4) is 0 Å². The number of rotatable bonds is 5. The highest BCUT2D eigenvalue weighted by atomic mass is 35.5. The molecule has 9 heteroatoms. The molecule has 1 aliphatic rings. The Morgan fingerprint density at radius 3 is 3.04 bits per heavy atom. The Hall–Kier alpha value is -2.71. The summed E-state index contributed by atoms with van der Waals surface area (Å²) >= 11 is 5.82. The molecule has 3 aromatic heterocycles. The molecule has 4 rings (SSSR count). The smallest absolute Gasteiger partial charge is 0.283 e. The number of hydrogen-bond donors (Lipinski definition) is 1. The zero-order valence-corrected chi connectivity index (χ0v) is 15.2. The normalized spacial score (nSPS) is 17.7. The SMILES string of the molecule is O=C(Nc1ccc(Cl)cn1)C1CCCN(Cc2nnc(-c3ccco3)o2)C1. The third-order valence-corrected chi connectivity index (χ3v) is 4.64. The van der Waals surface area contributed by atoms with Crippen LogP contribution in [0.15, 0.2) is 45.6 Å². The number of carbonyl (C=O) groups is 1. The van der Waals surface area contributed by atoms with Crippen molar-refractivity contribution in [2.75, 3.05) is 18.4 Å². The van der Waals surface area contributed by atoms with Crippen molar-refractivity contribution in [1.82, 2.24) is 20.1 Å². The van der Waals surface area contributed by atoms with Crippen LogP contribution in [0, 0.1) is 5.92 Å². The van der Waals surface area contributed by atoms with Crippen LogP contribution in [0.25, 0.3) is 11.7 Å². The monoisotopic (exact) mass is 387 g/mol. The highest BCUT2D eigenvalue weighted by Crippen LogP contribution is 2.22. The Labute approximate surface area is 160 Å². The Morgan fingerprint density at radius 1 is 1.33 bits per heavy atom. The summed E-state index contributed by atoms with van der Waals surface area (Å²) in [6.07, 6.45) is 4.82. The lowest BCUT2D eigenvalue weighted by Crippen LogP contribution is -2.40. The third-order valence-electron chi connectivity index (χ3n) is 4.41. The van der Waals surface area contributed by atoms with Gasteiger partial charge in [0.2, 0.25) is 11.8 Å². The van der Waals surface area contributed by atoms with Crippen LogP contribution in [-0.4, -0.2) is 39.1 Å². The molecule has 0 spiro atoms. The summed E-state index contributed by atoms with van der Waals surface area (Å²) in [6.45, 7) is 2.00. The second kappa shape index (κ2) is 7.89. The number of piperidine rings is 1. The first-order valence-electron chi connectivity index (χ1n) is 8.68. The molecule has 3 aromatic rings. The maximum Gasteiger partial charge on any atom is 0.283 e. The first-order chi connectivity index (χ1) is 13.2. The van der Waals surface area contributed by atoms with Gasteiger partial charge in [-0.3, -0.25) is 9.69 Å². The van der Waals surface area contributed by atoms with E-state index in [2.05, 4.69) is 25.4 Å². The van der Waals surface area contributed by atoms with Crippen molar-refractivity contribution in [2.24, 2.45) is 5.92 Å². The first kappa shape index (κ1) is 17.7. The van der Waals surface area contributed by atoms with Gasteiger partial charge in [0.05, 0.1) is 23.7 Å². The van der Waals surface area contributed by atoms with Crippen LogP contribution >= 0.6 is 11.6 Å². The summed E-state index contributed by atoms with van der Waals surface area (Å²) in [5, 5.41) is 11.5. The van der Waals surface area contributed by atoms with E-state index in [1.54, 1.807) is 30.5 Å². The van der Waals surface area contributed by atoms with Crippen molar-refractivity contribution in [1.29, 1.82) is 0 Å². The van der Waals surface area contributed by atoms with E-state index in [-0.39, 0.29) is 11.8 Å². The van der Waals surface area contributed by atoms with Crippen LogP contribution in [0.2, 0.25) is 5.02 Å². The molecule has 1 unspecified atom stereocenters. The van der Waals surface area contributed by atoms with Gasteiger partial charge in [-0.2, -0.15) is 0 Å². The van der Waals surface area contributed by atoms with E-state index in [0.29, 0.717) is 41.5 Å². The predicted molar refractivity (Wildman–Crippen MR) is 97.9 cm³/mol. The van der Waals surface area contributed by atoms with Gasteiger partial charge in [0.1, 0.15) is 5.82 Å². The zero-order chi connectivity index (χ0) is 18.6. The number of aromatic nitrogens is 3. The molecule has 1 saturated heterocycles. The highest BCUT2D eigenvalue weighted by molar-refractivity contribution is 6.30. The summed E-state index contributed by atoms with van der Waals surface area (Å²) in [6, 6.07) is 6.92. The third kappa shape index (κ3) is 4.35. The average molecular weight is 388 g/mol. The van der Waals surface area contributed by atoms with Crippen LogP contribution in [-0.2, 0) is 11.3 Å². The number of anilines is 1. The van der Waals surface area contributed by atoms with E-state index in [1.807, 2.05) is 0 Å². The minimum Gasteiger partial charge on any atom is -0.459 e. The number of carbonyl (C=O) groups excluding carboxylic acids is 1. The first-order valence-corrected chi connectivity index (χ1v) is 9.06. The zero-order valence-electron chi connectivity index (χ0n) is 14.5. The lowest BCUT2D eigenvalue weighted by molar-refractivity contribution is -0.121. The predicted octanol–water partition coefficient (Wildman–Crippen LogP) is 3.23. The number of amides is 1. The number of hydrogen-bond acceptors (Lipinski definition) is 7. The van der Waals surface area contributed by atoms with Crippen molar-refractivity contribution < 1.29 is 13.6 Å². The van der Waals surface area contributed by atoms with Gasteiger partial charge in [0, 0.05) is 12.7 Å². The number of halogens is 1. The average Bonchev–Trinajstić information content (AvgIpc) is 3.35. The number of nitrogens with one attached hydrogen (secondary N) is 1. The summed E-state index contributed by atoms with van der Waals surface area (Å²) in [5.41, 5.74) is 0. The molecular weight excluding hydrogens is 370 g/mol. The Kier molecular flexibility index (Phi) is 5.17. The molecule has 8 nitrogen and oxygen atoms in total. The number of nitrogens with zero attached hydrogens (tertiary/aromatic N) is 4. The molecule has 1 N–H and O–H groups in total. The fourth-order valence-corrected chi connectivity index (χ4v) is 3.21. The Morgan fingerprint density at radius 2 is 2.26 bits per heavy atom. The lowest BCUT2D eigenvalue weighted by atomic mass is 9.97. The van der Waals surface area contributed by atoms with Crippen LogP contribution < -0.4 is 5.32 Å². The molecular formula is C18H18ClN5O3. The number of pyridine rings is 1. The summed E-state index contributed by atoms with van der Waals surface area (Å²) in [7, 11) is 0. The number of furan rings is 1. The summed E-state index contributed by atoms with van der Waals surface area (Å²) in [4.78, 5) is 18.8. The van der Waals surface area contributed by atoms with E-state index in [1.165, 1.54) is 6.20 Å². The molecule has 1 aliphatic heterocycles. The lowest BCUT2D eigenvalue weighted by Gasteiger charge is -2.30. The van der Waals surface area contributed by atoms with Gasteiger partial charge in [-0.25, -0.2) is 4.98 Å². The number of likely N-dealkylation sites (tertiary alicyclic amines) is 1. The fourth-order valence-electron chi connectivity index (χ4n) is 3.10. The largest absolute Gasteiger partial charge is 0.459 e. The molecule has 0 aliphatic carbocycles. The minimum atomic E-state index is -0.122. The highest BCUT2D eigenvalue weighted by Gasteiger charge is 2.27. The molecule has 0 aromatic carbocycles. The fraction of sp³-hybridized carbons (Fsp3) is 0.333. The van der Waals surface area contributed by atoms with E-state index in [0.717, 1.165) is 19.4 Å². The van der Waals surface area contributed by atoms with Gasteiger partial charge in [0.15, 0.2) is 5.76 Å². The van der Waals surface area contributed by atoms with Crippen molar-refractivity contribution in [3.63, 3.8) is 0 Å². The van der Waals surface area contributed by atoms with Crippen LogP contribution in [0.1, 0.15) is 18.7 Å². The maximum absolute atomic E-state index is 12.5. The van der Waals surface area contributed by atoms with Gasteiger partial charge in [-0.15, -0.1) is 10.2 Å². The molecule has 1 fully saturated rings. The minimum absolute atomic E-state index is 0.0451. The standard InChI is InChI=1S/C18H18ClN5O3/c19-13-5-6-15(20-9-13)21-17(25)12-3-1-7-24(10-12)11-16-22-23-18(27-16)14-4-2-8-26-14/h2,4-6,8-9,12H,1,3,7,10-11H2,(H,20,21,25). The van der Waals surface area contributed by atoms with Crippen molar-refractivity contribution >= 4 is 23.3 Å². The van der Waals surface area contributed by atoms with Crippen LogP contribution in [0.5, 0.6) is 0 Å². The quantitative estimate of drug-likeness (QED) is 0.717. The van der Waals surface area contributed by atoms with Gasteiger partial charge in [0.25, 0.3) is 5.89 Å². The van der Waals surface area contributed by atoms with E-state index in [9.17, 15) is 4.79 Å². The summed E-state index contributed by atoms with van der Waals surface area (Å²) in [5.74, 6) is 1.73. The van der Waals surface area contributed by atoms with Gasteiger partial charge >= 0.3 is 0 Å². The van der Waals surface area contributed by atoms with Gasteiger partial charge in [-0.1, -0.05) is 11.6 Å². The molecule has 140 valence electrons. The summed E-state index contributed by atoms with van der Waals surface area (Å²) < 4.78 is 10.9. The maximum atomic E-state index is 12.5. The van der Waals surface area contributed by atoms with Crippen LogP contribution in [0.4, 0.5) is 5.82 Å². The molecule has 0 saturated carbocycles. The van der Waals surface area contributed by atoms with Gasteiger partial charge < -0.3 is 14.2 Å². The van der Waals surface area contributed by atoms with Gasteiger partial charge in [-0.05, 0) is 43.7 Å². The second-order valence-corrected chi connectivity index (χ2v) is 6.84. The van der Waals surface area contributed by atoms with E-state index >= 15 is 0 Å². The molecule has 0 bridgehead atoms. The van der Waals surface area contributed by atoms with E-state index in [4.69, 9.17) is 20.4 Å². The Balaban J connectivity index is 1.35. The van der Waals surface area contributed by atoms with Crippen molar-refractivity contribution in [2.45, 2.75) is 19.4 Å². The van der Waals surface area contributed by atoms with E-state index < -0.39 is 0 Å².